The lowest BCUT2D eigenvalue weighted by Crippen LogP contribution is -2.29. The van der Waals surface area contributed by atoms with E-state index >= 15 is 0 Å². The maximum absolute atomic E-state index is 13.4. The van der Waals surface area contributed by atoms with Gasteiger partial charge in [-0.1, -0.05) is 6.92 Å². The van der Waals surface area contributed by atoms with E-state index < -0.39 is 17.3 Å². The fraction of sp³-hybridized carbons (Fsp3) is 0.263. The maximum Gasteiger partial charge on any atom is 0.267 e. The Morgan fingerprint density at radius 2 is 2.11 bits per heavy atom. The predicted octanol–water partition coefficient (Wildman–Crippen LogP) is 3.02. The van der Waals surface area contributed by atoms with Crippen molar-refractivity contribution < 1.29 is 13.9 Å². The molecular formula is C19H19FN4O3S. The minimum atomic E-state index is -0.446. The fourth-order valence-electron chi connectivity index (χ4n) is 2.69. The first-order valence-corrected chi connectivity index (χ1v) is 9.41. The Kier molecular flexibility index (Phi) is 5.84. The molecule has 0 bridgehead atoms. The SMILES string of the molecule is CCc1nc(NC(=O)Cn2nc(-c3ccc(F)cc3OC)ccc2=O)sc1C. The summed E-state index contributed by atoms with van der Waals surface area (Å²) >= 11 is 1.39. The van der Waals surface area contributed by atoms with Crippen LogP contribution in [0.2, 0.25) is 0 Å². The van der Waals surface area contributed by atoms with Crippen LogP contribution < -0.4 is 15.6 Å². The van der Waals surface area contributed by atoms with Crippen molar-refractivity contribution in [2.75, 3.05) is 12.4 Å². The molecule has 7 nitrogen and oxygen atoms in total. The summed E-state index contributed by atoms with van der Waals surface area (Å²) < 4.78 is 19.6. The van der Waals surface area contributed by atoms with Gasteiger partial charge in [0, 0.05) is 22.6 Å². The largest absolute Gasteiger partial charge is 0.496 e. The van der Waals surface area contributed by atoms with Gasteiger partial charge in [-0.25, -0.2) is 14.1 Å². The second kappa shape index (κ2) is 8.30. The van der Waals surface area contributed by atoms with Crippen molar-refractivity contribution in [2.45, 2.75) is 26.8 Å². The van der Waals surface area contributed by atoms with E-state index in [1.54, 1.807) is 0 Å². The molecule has 28 heavy (non-hydrogen) atoms. The van der Waals surface area contributed by atoms with Gasteiger partial charge in [0.15, 0.2) is 5.13 Å². The smallest absolute Gasteiger partial charge is 0.267 e. The highest BCUT2D eigenvalue weighted by Crippen LogP contribution is 2.28. The van der Waals surface area contributed by atoms with Gasteiger partial charge in [0.05, 0.1) is 18.5 Å². The molecule has 3 rings (SSSR count). The van der Waals surface area contributed by atoms with Crippen molar-refractivity contribution >= 4 is 22.4 Å². The van der Waals surface area contributed by atoms with E-state index in [2.05, 4.69) is 15.4 Å². The number of anilines is 1. The zero-order valence-electron chi connectivity index (χ0n) is 15.7. The van der Waals surface area contributed by atoms with E-state index in [1.807, 2.05) is 13.8 Å². The lowest BCUT2D eigenvalue weighted by atomic mass is 10.1. The normalized spacial score (nSPS) is 10.7. The van der Waals surface area contributed by atoms with E-state index in [9.17, 15) is 14.0 Å². The average Bonchev–Trinajstić information content (AvgIpc) is 3.02. The van der Waals surface area contributed by atoms with Crippen molar-refractivity contribution in [2.24, 2.45) is 0 Å². The highest BCUT2D eigenvalue weighted by Gasteiger charge is 2.14. The van der Waals surface area contributed by atoms with Gasteiger partial charge in [-0.15, -0.1) is 11.3 Å². The third-order valence-electron chi connectivity index (χ3n) is 4.07. The van der Waals surface area contributed by atoms with Gasteiger partial charge in [-0.3, -0.25) is 9.59 Å². The first kappa shape index (κ1) is 19.7. The van der Waals surface area contributed by atoms with Crippen LogP contribution in [0, 0.1) is 12.7 Å². The van der Waals surface area contributed by atoms with Crippen molar-refractivity contribution in [3.63, 3.8) is 0 Å². The Bertz CT molecular complexity index is 1080. The first-order valence-electron chi connectivity index (χ1n) is 8.59. The number of hydrogen-bond donors (Lipinski definition) is 1. The highest BCUT2D eigenvalue weighted by atomic mass is 32.1. The van der Waals surface area contributed by atoms with Crippen molar-refractivity contribution in [1.82, 2.24) is 14.8 Å². The monoisotopic (exact) mass is 402 g/mol. The molecule has 0 atom stereocenters. The van der Waals surface area contributed by atoms with Gasteiger partial charge >= 0.3 is 0 Å². The number of thiazole rings is 1. The number of aryl methyl sites for hydroxylation is 2. The number of nitrogens with zero attached hydrogens (tertiary/aromatic N) is 3. The number of nitrogens with one attached hydrogen (secondary N) is 1. The quantitative estimate of drug-likeness (QED) is 0.685. The Labute approximate surface area is 164 Å². The summed E-state index contributed by atoms with van der Waals surface area (Å²) in [4.78, 5) is 29.9. The standard InChI is InChI=1S/C19H19FN4O3S/c1-4-14-11(2)28-19(21-14)22-17(25)10-24-18(26)8-7-15(23-24)13-6-5-12(20)9-16(13)27-3/h5-9H,4,10H2,1-3H3,(H,21,22,25). The molecule has 0 saturated heterocycles. The number of carbonyl (C=O) groups excluding carboxylic acids is 1. The second-order valence-corrected chi connectivity index (χ2v) is 7.19. The van der Waals surface area contributed by atoms with E-state index in [0.717, 1.165) is 21.7 Å². The van der Waals surface area contributed by atoms with Crippen LogP contribution in [0.25, 0.3) is 11.3 Å². The number of methoxy groups -OCH3 is 1. The summed E-state index contributed by atoms with van der Waals surface area (Å²) in [7, 11) is 1.42. The van der Waals surface area contributed by atoms with Crippen LogP contribution in [0.1, 0.15) is 17.5 Å². The molecule has 1 amide bonds. The predicted molar refractivity (Wildman–Crippen MR) is 105 cm³/mol. The molecule has 3 aromatic rings. The number of rotatable bonds is 6. The van der Waals surface area contributed by atoms with Gasteiger partial charge in [0.1, 0.15) is 18.1 Å². The summed E-state index contributed by atoms with van der Waals surface area (Å²) in [5, 5.41) is 7.41. The van der Waals surface area contributed by atoms with E-state index in [1.165, 1.54) is 48.8 Å². The number of amides is 1. The molecule has 0 aliphatic rings. The molecule has 2 heterocycles. The summed E-state index contributed by atoms with van der Waals surface area (Å²) in [6.45, 7) is 3.67. The number of carbonyl (C=O) groups is 1. The maximum atomic E-state index is 13.4. The topological polar surface area (TPSA) is 86.1 Å². The second-order valence-electron chi connectivity index (χ2n) is 5.98. The van der Waals surface area contributed by atoms with Crippen LogP contribution in [-0.4, -0.2) is 27.8 Å². The summed E-state index contributed by atoms with van der Waals surface area (Å²) in [6, 6.07) is 6.83. The minimum absolute atomic E-state index is 0.268. The van der Waals surface area contributed by atoms with Crippen LogP contribution >= 0.6 is 11.3 Å². The summed E-state index contributed by atoms with van der Waals surface area (Å²) in [6.07, 6.45) is 0.779. The molecule has 2 aromatic heterocycles. The first-order chi connectivity index (χ1) is 13.4. The third kappa shape index (κ3) is 4.25. The number of hydrogen-bond acceptors (Lipinski definition) is 6. The van der Waals surface area contributed by atoms with Crippen LogP contribution in [0.5, 0.6) is 5.75 Å². The Morgan fingerprint density at radius 1 is 1.32 bits per heavy atom. The van der Waals surface area contributed by atoms with Crippen molar-refractivity contribution in [3.8, 4) is 17.0 Å². The van der Waals surface area contributed by atoms with Crippen molar-refractivity contribution in [3.05, 3.63) is 57.1 Å². The Hall–Kier alpha value is -3.07. The number of ether oxygens (including phenoxy) is 1. The third-order valence-corrected chi connectivity index (χ3v) is 5.00. The molecule has 0 radical (unpaired) electrons. The zero-order chi connectivity index (χ0) is 20.3. The molecule has 0 fully saturated rings. The summed E-state index contributed by atoms with van der Waals surface area (Å²) in [5.74, 6) is -0.569. The van der Waals surface area contributed by atoms with Crippen LogP contribution in [0.15, 0.2) is 35.1 Å². The number of aromatic nitrogens is 3. The molecule has 1 N–H and O–H groups in total. The molecule has 9 heteroatoms. The van der Waals surface area contributed by atoms with Crippen LogP contribution in [-0.2, 0) is 17.8 Å². The molecule has 0 aliphatic carbocycles. The molecule has 1 aromatic carbocycles. The lowest BCUT2D eigenvalue weighted by Gasteiger charge is -2.10. The molecule has 0 saturated carbocycles. The molecule has 0 spiro atoms. The van der Waals surface area contributed by atoms with Crippen LogP contribution in [0.4, 0.5) is 9.52 Å². The highest BCUT2D eigenvalue weighted by molar-refractivity contribution is 7.15. The molecular weight excluding hydrogens is 383 g/mol. The van der Waals surface area contributed by atoms with E-state index in [4.69, 9.17) is 4.74 Å². The molecule has 0 unspecified atom stereocenters. The summed E-state index contributed by atoms with van der Waals surface area (Å²) in [5.41, 5.74) is 1.41. The van der Waals surface area contributed by atoms with Crippen molar-refractivity contribution in [1.29, 1.82) is 0 Å². The fourth-order valence-corrected chi connectivity index (χ4v) is 3.61. The van der Waals surface area contributed by atoms with Gasteiger partial charge in [0.2, 0.25) is 5.91 Å². The Morgan fingerprint density at radius 3 is 2.79 bits per heavy atom. The number of benzene rings is 1. The lowest BCUT2D eigenvalue weighted by molar-refractivity contribution is -0.117. The zero-order valence-corrected chi connectivity index (χ0v) is 16.5. The van der Waals surface area contributed by atoms with E-state index in [-0.39, 0.29) is 12.3 Å². The Balaban J connectivity index is 1.83. The average molecular weight is 402 g/mol. The van der Waals surface area contributed by atoms with Crippen LogP contribution in [0.3, 0.4) is 0 Å². The number of halogens is 1. The van der Waals surface area contributed by atoms with E-state index in [0.29, 0.717) is 16.4 Å². The van der Waals surface area contributed by atoms with Gasteiger partial charge < -0.3 is 10.1 Å². The van der Waals surface area contributed by atoms with Gasteiger partial charge in [-0.05, 0) is 31.5 Å². The minimum Gasteiger partial charge on any atom is -0.496 e. The molecule has 146 valence electrons. The van der Waals surface area contributed by atoms with Gasteiger partial charge in [-0.2, -0.15) is 5.10 Å². The van der Waals surface area contributed by atoms with Gasteiger partial charge in [0.25, 0.3) is 5.56 Å². The molecule has 0 aliphatic heterocycles.